The van der Waals surface area contributed by atoms with E-state index in [2.05, 4.69) is 10.8 Å². The number of rotatable bonds is 3. The molecule has 16 heavy (non-hydrogen) atoms. The second kappa shape index (κ2) is 5.29. The quantitative estimate of drug-likeness (QED) is 0.747. The highest BCUT2D eigenvalue weighted by molar-refractivity contribution is 7.89. The minimum absolute atomic E-state index is 0.536. The minimum atomic E-state index is -3.65. The van der Waals surface area contributed by atoms with Gasteiger partial charge in [-0.05, 0) is 12.8 Å². The van der Waals surface area contributed by atoms with Gasteiger partial charge in [-0.15, -0.1) is 0 Å². The van der Waals surface area contributed by atoms with Crippen molar-refractivity contribution in [2.24, 2.45) is 0 Å². The van der Waals surface area contributed by atoms with Crippen molar-refractivity contribution in [1.82, 2.24) is 4.72 Å². The maximum Gasteiger partial charge on any atom is 0.226 e. The molecular weight excluding hydrogens is 226 g/mol. The van der Waals surface area contributed by atoms with Gasteiger partial charge in [0.25, 0.3) is 0 Å². The highest BCUT2D eigenvalue weighted by Gasteiger charge is 2.34. The van der Waals surface area contributed by atoms with Gasteiger partial charge in [0.05, 0.1) is 12.1 Å². The van der Waals surface area contributed by atoms with Crippen LogP contribution in [0.15, 0.2) is 0 Å². The van der Waals surface area contributed by atoms with Crippen molar-refractivity contribution in [3.05, 3.63) is 0 Å². The molecule has 6 heteroatoms. The van der Waals surface area contributed by atoms with Crippen LogP contribution in [0.5, 0.6) is 0 Å². The molecule has 0 atom stereocenters. The molecule has 1 aliphatic rings. The molecule has 1 rings (SSSR count). The monoisotopic (exact) mass is 241 g/mol. The minimum Gasteiger partial charge on any atom is -0.211 e. The number of nitrogens with one attached hydrogen (secondary N) is 1. The molecule has 0 saturated heterocycles. The summed E-state index contributed by atoms with van der Waals surface area (Å²) in [7, 11) is -3.65. The molecule has 5 nitrogen and oxygen atoms in total. The Morgan fingerprint density at radius 3 is 2.12 bits per heavy atom. The van der Waals surface area contributed by atoms with E-state index in [4.69, 9.17) is 10.5 Å². The summed E-state index contributed by atoms with van der Waals surface area (Å²) < 4.78 is 25.4. The van der Waals surface area contributed by atoms with Crippen molar-refractivity contribution in [3.63, 3.8) is 0 Å². The summed E-state index contributed by atoms with van der Waals surface area (Å²) in [6.07, 6.45) is 4.83. The summed E-state index contributed by atoms with van der Waals surface area (Å²) in [5, 5.41) is 17.5. The van der Waals surface area contributed by atoms with Crippen LogP contribution in [-0.2, 0) is 10.0 Å². The first-order valence-corrected chi connectivity index (χ1v) is 6.99. The number of hydrogen-bond acceptors (Lipinski definition) is 4. The van der Waals surface area contributed by atoms with Gasteiger partial charge >= 0.3 is 0 Å². The Labute approximate surface area is 96.1 Å². The van der Waals surface area contributed by atoms with Crippen LogP contribution >= 0.6 is 0 Å². The van der Waals surface area contributed by atoms with Gasteiger partial charge in [0.1, 0.15) is 5.54 Å². The van der Waals surface area contributed by atoms with E-state index in [0.29, 0.717) is 12.8 Å². The molecule has 0 bridgehead atoms. The normalized spacial score (nSPS) is 20.4. The molecule has 1 fully saturated rings. The summed E-state index contributed by atoms with van der Waals surface area (Å²) in [4.78, 5) is 0. The number of sulfonamides is 1. The molecular formula is C10H15N3O2S. The summed E-state index contributed by atoms with van der Waals surface area (Å²) >= 11 is 0. The van der Waals surface area contributed by atoms with Crippen LogP contribution in [0.25, 0.3) is 0 Å². The fourth-order valence-corrected chi connectivity index (χ4v) is 3.07. The predicted octanol–water partition coefficient (Wildman–Crippen LogP) is 1.05. The zero-order chi connectivity index (χ0) is 12.1. The SMILES string of the molecule is N#CCS(=O)(=O)NC1(C#N)CCCCCC1. The number of hydrogen-bond donors (Lipinski definition) is 1. The van der Waals surface area contributed by atoms with E-state index in [9.17, 15) is 8.42 Å². The van der Waals surface area contributed by atoms with Crippen LogP contribution in [0.1, 0.15) is 38.5 Å². The van der Waals surface area contributed by atoms with Crippen molar-refractivity contribution < 1.29 is 8.42 Å². The lowest BCUT2D eigenvalue weighted by atomic mass is 9.94. The standard InChI is InChI=1S/C10H15N3O2S/c11-7-8-16(14,15)13-10(9-12)5-3-1-2-4-6-10/h13H,1-6,8H2. The molecule has 0 radical (unpaired) electrons. The highest BCUT2D eigenvalue weighted by atomic mass is 32.2. The third-order valence-electron chi connectivity index (χ3n) is 2.78. The maximum absolute atomic E-state index is 11.5. The molecule has 0 spiro atoms. The molecule has 0 aromatic rings. The van der Waals surface area contributed by atoms with E-state index in [0.717, 1.165) is 25.7 Å². The molecule has 1 N–H and O–H groups in total. The summed E-state index contributed by atoms with van der Waals surface area (Å²) in [5.74, 6) is -0.587. The van der Waals surface area contributed by atoms with E-state index in [-0.39, 0.29) is 0 Å². The second-order valence-corrected chi connectivity index (χ2v) is 5.85. The third-order valence-corrected chi connectivity index (χ3v) is 3.99. The molecule has 0 aromatic heterocycles. The molecule has 88 valence electrons. The van der Waals surface area contributed by atoms with Crippen molar-refractivity contribution >= 4 is 10.0 Å². The van der Waals surface area contributed by atoms with Gasteiger partial charge in [-0.25, -0.2) is 8.42 Å². The first-order valence-electron chi connectivity index (χ1n) is 5.33. The van der Waals surface area contributed by atoms with Crippen LogP contribution < -0.4 is 4.72 Å². The lowest BCUT2D eigenvalue weighted by Crippen LogP contribution is -2.47. The first kappa shape index (κ1) is 13.0. The Morgan fingerprint density at radius 1 is 1.12 bits per heavy atom. The first-order chi connectivity index (χ1) is 7.54. The predicted molar refractivity (Wildman–Crippen MR) is 58.6 cm³/mol. The van der Waals surface area contributed by atoms with Gasteiger partial charge in [-0.2, -0.15) is 15.2 Å². The molecule has 1 saturated carbocycles. The van der Waals surface area contributed by atoms with E-state index < -0.39 is 21.3 Å². The van der Waals surface area contributed by atoms with E-state index >= 15 is 0 Å². The second-order valence-electron chi connectivity index (χ2n) is 4.13. The molecule has 0 aromatic carbocycles. The molecule has 0 heterocycles. The zero-order valence-corrected chi connectivity index (χ0v) is 9.89. The van der Waals surface area contributed by atoms with Gasteiger partial charge in [0.15, 0.2) is 5.75 Å². The Morgan fingerprint density at radius 2 is 1.69 bits per heavy atom. The largest absolute Gasteiger partial charge is 0.226 e. The average Bonchev–Trinajstić information content (AvgIpc) is 2.43. The lowest BCUT2D eigenvalue weighted by molar-refractivity contribution is 0.423. The van der Waals surface area contributed by atoms with Crippen molar-refractivity contribution in [1.29, 1.82) is 10.5 Å². The molecule has 0 aliphatic heterocycles. The van der Waals surface area contributed by atoms with Crippen LogP contribution in [0, 0.1) is 22.7 Å². The third kappa shape index (κ3) is 3.48. The van der Waals surface area contributed by atoms with Crippen molar-refractivity contribution in [2.75, 3.05) is 5.75 Å². The van der Waals surface area contributed by atoms with E-state index in [1.54, 1.807) is 6.07 Å². The van der Waals surface area contributed by atoms with E-state index in [1.165, 1.54) is 0 Å². The van der Waals surface area contributed by atoms with Crippen LogP contribution in [-0.4, -0.2) is 19.7 Å². The fourth-order valence-electron chi connectivity index (χ4n) is 1.99. The van der Waals surface area contributed by atoms with Gasteiger partial charge in [0, 0.05) is 0 Å². The van der Waals surface area contributed by atoms with E-state index in [1.807, 2.05) is 0 Å². The van der Waals surface area contributed by atoms with Gasteiger partial charge < -0.3 is 0 Å². The highest BCUT2D eigenvalue weighted by Crippen LogP contribution is 2.27. The van der Waals surface area contributed by atoms with Crippen LogP contribution in [0.4, 0.5) is 0 Å². The Bertz CT molecular complexity index is 408. The lowest BCUT2D eigenvalue weighted by Gasteiger charge is -2.25. The maximum atomic E-state index is 11.5. The van der Waals surface area contributed by atoms with Gasteiger partial charge in [0.2, 0.25) is 10.0 Å². The summed E-state index contributed by atoms with van der Waals surface area (Å²) in [6.45, 7) is 0. The summed E-state index contributed by atoms with van der Waals surface area (Å²) in [6, 6.07) is 3.67. The average molecular weight is 241 g/mol. The number of nitrogens with zero attached hydrogens (tertiary/aromatic N) is 2. The fraction of sp³-hybridized carbons (Fsp3) is 0.800. The molecule has 0 amide bonds. The zero-order valence-electron chi connectivity index (χ0n) is 9.07. The molecule has 1 aliphatic carbocycles. The Kier molecular flexibility index (Phi) is 4.28. The number of nitriles is 2. The summed E-state index contributed by atoms with van der Waals surface area (Å²) in [5.41, 5.74) is -0.994. The van der Waals surface area contributed by atoms with Gasteiger partial charge in [-0.1, -0.05) is 25.7 Å². The van der Waals surface area contributed by atoms with Crippen LogP contribution in [0.2, 0.25) is 0 Å². The molecule has 0 unspecified atom stereocenters. The van der Waals surface area contributed by atoms with Gasteiger partial charge in [-0.3, -0.25) is 0 Å². The topological polar surface area (TPSA) is 93.8 Å². The van der Waals surface area contributed by atoms with Crippen LogP contribution in [0.3, 0.4) is 0 Å². The van der Waals surface area contributed by atoms with Crippen molar-refractivity contribution in [3.8, 4) is 12.1 Å². The Hall–Kier alpha value is -1.11. The van der Waals surface area contributed by atoms with Crippen molar-refractivity contribution in [2.45, 2.75) is 44.1 Å². The smallest absolute Gasteiger partial charge is 0.211 e. The Balaban J connectivity index is 2.82.